The molecule has 0 unspecified atom stereocenters. The van der Waals surface area contributed by atoms with Crippen LogP contribution in [0.4, 0.5) is 10.1 Å². The van der Waals surface area contributed by atoms with Gasteiger partial charge in [-0.1, -0.05) is 6.07 Å². The SMILES string of the molecule is Nc1cccc(F)c1S(=O)(=O)N1CC(=O)NC(=O)C1. The fourth-order valence-corrected chi connectivity index (χ4v) is 3.22. The van der Waals surface area contributed by atoms with E-state index in [9.17, 15) is 22.4 Å². The molecule has 1 aromatic rings. The quantitative estimate of drug-likeness (QED) is 0.538. The van der Waals surface area contributed by atoms with Gasteiger partial charge in [0.2, 0.25) is 21.8 Å². The molecule has 1 aliphatic rings. The van der Waals surface area contributed by atoms with Crippen molar-refractivity contribution in [2.75, 3.05) is 18.8 Å². The summed E-state index contributed by atoms with van der Waals surface area (Å²) in [7, 11) is -4.34. The van der Waals surface area contributed by atoms with Crippen LogP contribution >= 0.6 is 0 Å². The number of benzene rings is 1. The number of rotatable bonds is 2. The van der Waals surface area contributed by atoms with Gasteiger partial charge in [0.05, 0.1) is 18.8 Å². The largest absolute Gasteiger partial charge is 0.398 e. The number of nitrogens with two attached hydrogens (primary N) is 1. The Balaban J connectivity index is 2.48. The second-order valence-electron chi connectivity index (χ2n) is 3.90. The van der Waals surface area contributed by atoms with Crippen molar-refractivity contribution < 1.29 is 22.4 Å². The Bertz CT molecular complexity index is 622. The molecule has 2 rings (SSSR count). The molecule has 0 atom stereocenters. The molecule has 0 aliphatic carbocycles. The molecule has 1 heterocycles. The molecule has 102 valence electrons. The van der Waals surface area contributed by atoms with Gasteiger partial charge >= 0.3 is 0 Å². The zero-order valence-corrected chi connectivity index (χ0v) is 10.4. The number of carbonyl (C=O) groups excluding carboxylic acids is 2. The van der Waals surface area contributed by atoms with Crippen molar-refractivity contribution >= 4 is 27.5 Å². The average Bonchev–Trinajstić information content (AvgIpc) is 2.26. The maximum absolute atomic E-state index is 13.6. The van der Waals surface area contributed by atoms with Gasteiger partial charge in [0.25, 0.3) is 0 Å². The van der Waals surface area contributed by atoms with Crippen molar-refractivity contribution in [2.45, 2.75) is 4.90 Å². The van der Waals surface area contributed by atoms with E-state index >= 15 is 0 Å². The van der Waals surface area contributed by atoms with E-state index in [1.54, 1.807) is 0 Å². The summed E-state index contributed by atoms with van der Waals surface area (Å²) in [6, 6.07) is 3.43. The number of hydrogen-bond acceptors (Lipinski definition) is 5. The highest BCUT2D eigenvalue weighted by Gasteiger charge is 2.35. The first-order valence-corrected chi connectivity index (χ1v) is 6.63. The first kappa shape index (κ1) is 13.4. The van der Waals surface area contributed by atoms with Gasteiger partial charge in [-0.05, 0) is 12.1 Å². The number of hydrogen-bond donors (Lipinski definition) is 2. The highest BCUT2D eigenvalue weighted by Crippen LogP contribution is 2.25. The fourth-order valence-electron chi connectivity index (χ4n) is 1.71. The number of nitrogen functional groups attached to an aromatic ring is 1. The van der Waals surface area contributed by atoms with E-state index in [1.165, 1.54) is 12.1 Å². The second kappa shape index (κ2) is 4.59. The number of sulfonamides is 1. The average molecular weight is 287 g/mol. The molecule has 0 radical (unpaired) electrons. The van der Waals surface area contributed by atoms with Crippen molar-refractivity contribution in [3.05, 3.63) is 24.0 Å². The first-order chi connectivity index (χ1) is 8.82. The molecule has 3 N–H and O–H groups in total. The lowest BCUT2D eigenvalue weighted by molar-refractivity contribution is -0.134. The van der Waals surface area contributed by atoms with Crippen LogP contribution in [-0.4, -0.2) is 37.6 Å². The molecule has 0 saturated carbocycles. The van der Waals surface area contributed by atoms with Crippen LogP contribution in [0.3, 0.4) is 0 Å². The van der Waals surface area contributed by atoms with E-state index < -0.39 is 45.6 Å². The van der Waals surface area contributed by atoms with Gasteiger partial charge in [0.15, 0.2) is 0 Å². The number of nitrogens with one attached hydrogen (secondary N) is 1. The molecular formula is C10H10FN3O4S. The molecule has 1 fully saturated rings. The molecule has 1 saturated heterocycles. The van der Waals surface area contributed by atoms with Gasteiger partial charge in [0, 0.05) is 0 Å². The van der Waals surface area contributed by atoms with Crippen molar-refractivity contribution in [3.8, 4) is 0 Å². The van der Waals surface area contributed by atoms with Crippen molar-refractivity contribution in [3.63, 3.8) is 0 Å². The molecule has 0 spiro atoms. The summed E-state index contributed by atoms with van der Waals surface area (Å²) in [5.41, 5.74) is 5.17. The third kappa shape index (κ3) is 2.42. The van der Waals surface area contributed by atoms with Crippen LogP contribution in [0.15, 0.2) is 23.1 Å². The number of amides is 2. The minimum absolute atomic E-state index is 0.279. The molecule has 7 nitrogen and oxygen atoms in total. The third-order valence-corrected chi connectivity index (χ3v) is 4.40. The number of nitrogens with zero attached hydrogens (tertiary/aromatic N) is 1. The van der Waals surface area contributed by atoms with Gasteiger partial charge in [-0.25, -0.2) is 12.8 Å². The van der Waals surface area contributed by atoms with E-state index in [0.717, 1.165) is 6.07 Å². The van der Waals surface area contributed by atoms with Crippen molar-refractivity contribution in [1.82, 2.24) is 9.62 Å². The van der Waals surface area contributed by atoms with E-state index in [4.69, 9.17) is 5.73 Å². The fraction of sp³-hybridized carbons (Fsp3) is 0.200. The maximum atomic E-state index is 13.6. The smallest absolute Gasteiger partial charge is 0.249 e. The van der Waals surface area contributed by atoms with Crippen LogP contribution in [0, 0.1) is 5.82 Å². The standard InChI is InChI=1S/C10H10FN3O4S/c11-6-2-1-3-7(12)10(6)19(17,18)14-4-8(15)13-9(16)5-14/h1-3H,4-5,12H2,(H,13,15,16). The molecule has 0 aromatic heterocycles. The molecule has 1 aromatic carbocycles. The number of piperazine rings is 1. The molecule has 2 amide bonds. The lowest BCUT2D eigenvalue weighted by Crippen LogP contribution is -2.53. The summed E-state index contributed by atoms with van der Waals surface area (Å²) in [5, 5.41) is 1.95. The highest BCUT2D eigenvalue weighted by atomic mass is 32.2. The Hall–Kier alpha value is -2.00. The summed E-state index contributed by atoms with van der Waals surface area (Å²) in [6.45, 7) is -1.11. The molecular weight excluding hydrogens is 277 g/mol. The summed E-state index contributed by atoms with van der Waals surface area (Å²) >= 11 is 0. The predicted octanol–water partition coefficient (Wildman–Crippen LogP) is -0.945. The summed E-state index contributed by atoms with van der Waals surface area (Å²) in [6.07, 6.45) is 0. The van der Waals surface area contributed by atoms with Crippen molar-refractivity contribution in [2.24, 2.45) is 0 Å². The number of imide groups is 1. The van der Waals surface area contributed by atoms with Crippen LogP contribution in [0.1, 0.15) is 0 Å². The van der Waals surface area contributed by atoms with Crippen LogP contribution in [0.25, 0.3) is 0 Å². The Labute approximate surface area is 108 Å². The summed E-state index contributed by atoms with van der Waals surface area (Å²) in [4.78, 5) is 21.6. The molecule has 19 heavy (non-hydrogen) atoms. The Morgan fingerprint density at radius 2 is 1.79 bits per heavy atom. The van der Waals surface area contributed by atoms with Gasteiger partial charge < -0.3 is 5.73 Å². The van der Waals surface area contributed by atoms with Crippen LogP contribution in [-0.2, 0) is 19.6 Å². The van der Waals surface area contributed by atoms with Gasteiger partial charge in [-0.3, -0.25) is 14.9 Å². The van der Waals surface area contributed by atoms with Gasteiger partial charge in [0.1, 0.15) is 10.7 Å². The van der Waals surface area contributed by atoms with Crippen LogP contribution < -0.4 is 11.1 Å². The van der Waals surface area contributed by atoms with Gasteiger partial charge in [-0.15, -0.1) is 0 Å². The minimum Gasteiger partial charge on any atom is -0.398 e. The minimum atomic E-state index is -4.34. The van der Waals surface area contributed by atoms with Crippen LogP contribution in [0.5, 0.6) is 0 Å². The molecule has 9 heteroatoms. The summed E-state index contributed by atoms with van der Waals surface area (Å²) in [5.74, 6) is -2.57. The first-order valence-electron chi connectivity index (χ1n) is 5.19. The second-order valence-corrected chi connectivity index (χ2v) is 5.78. The zero-order chi connectivity index (χ0) is 14.2. The van der Waals surface area contributed by atoms with E-state index in [0.29, 0.717) is 4.31 Å². The highest BCUT2D eigenvalue weighted by molar-refractivity contribution is 7.89. The molecule has 1 aliphatic heterocycles. The van der Waals surface area contributed by atoms with Crippen LogP contribution in [0.2, 0.25) is 0 Å². The van der Waals surface area contributed by atoms with Crippen molar-refractivity contribution in [1.29, 1.82) is 0 Å². The lowest BCUT2D eigenvalue weighted by atomic mass is 10.3. The zero-order valence-electron chi connectivity index (χ0n) is 9.59. The Morgan fingerprint density at radius 1 is 1.21 bits per heavy atom. The Morgan fingerprint density at radius 3 is 2.32 bits per heavy atom. The number of anilines is 1. The van der Waals surface area contributed by atoms with E-state index in [2.05, 4.69) is 0 Å². The summed E-state index contributed by atoms with van der Waals surface area (Å²) < 4.78 is 38.6. The normalized spacial score (nSPS) is 17.3. The van der Waals surface area contributed by atoms with E-state index in [1.807, 2.05) is 5.32 Å². The predicted molar refractivity (Wildman–Crippen MR) is 62.7 cm³/mol. The Kier molecular flexibility index (Phi) is 3.25. The monoisotopic (exact) mass is 287 g/mol. The third-order valence-electron chi connectivity index (χ3n) is 2.51. The van der Waals surface area contributed by atoms with E-state index in [-0.39, 0.29) is 5.69 Å². The number of carbonyl (C=O) groups is 2. The number of halogens is 1. The van der Waals surface area contributed by atoms with Gasteiger partial charge in [-0.2, -0.15) is 4.31 Å². The lowest BCUT2D eigenvalue weighted by Gasteiger charge is -2.25. The molecule has 0 bridgehead atoms. The topological polar surface area (TPSA) is 110 Å². The maximum Gasteiger partial charge on any atom is 0.249 e.